The number of aromatic nitrogens is 8. The van der Waals surface area contributed by atoms with E-state index in [1.807, 2.05) is 48.5 Å². The van der Waals surface area contributed by atoms with Crippen LogP contribution in [0.4, 0.5) is 0 Å². The summed E-state index contributed by atoms with van der Waals surface area (Å²) >= 11 is 0. The van der Waals surface area contributed by atoms with Crippen molar-refractivity contribution in [2.24, 2.45) is 0 Å². The van der Waals surface area contributed by atoms with Crippen LogP contribution in [0.3, 0.4) is 0 Å². The number of fused-ring (bicyclic) bond motifs is 20. The topological polar surface area (TPSA) is 218 Å². The smallest absolute Gasteiger partial charge is 0.324 e. The molecule has 0 atom stereocenters. The van der Waals surface area contributed by atoms with Crippen LogP contribution < -0.4 is 0 Å². The number of hydrogen-bond acceptors (Lipinski definition) is 10. The van der Waals surface area contributed by atoms with Crippen molar-refractivity contribution in [2.75, 3.05) is 0 Å². The second-order valence-electron chi connectivity index (χ2n) is 11.0. The molecule has 0 aliphatic carbocycles. The van der Waals surface area contributed by atoms with Gasteiger partial charge >= 0.3 is 16.8 Å². The van der Waals surface area contributed by atoms with Gasteiger partial charge in [-0.25, -0.2) is 29.9 Å². The number of H-pyrrole nitrogens is 2. The summed E-state index contributed by atoms with van der Waals surface area (Å²) in [7, 11) is -10.4. The van der Waals surface area contributed by atoms with E-state index >= 15 is 0 Å². The van der Waals surface area contributed by atoms with Gasteiger partial charge in [-0.1, -0.05) is 72.8 Å². The zero-order valence-electron chi connectivity index (χ0n) is 24.4. The zero-order chi connectivity index (χ0) is 32.9. The van der Waals surface area contributed by atoms with E-state index in [0.717, 1.165) is 16.8 Å². The second kappa shape index (κ2) is 10.8. The number of benzene rings is 4. The Bertz CT molecular complexity index is 2980. The van der Waals surface area contributed by atoms with E-state index in [1.165, 1.54) is 6.07 Å². The van der Waals surface area contributed by atoms with Gasteiger partial charge < -0.3 is 9.97 Å². The molecule has 7 aromatic rings. The normalized spacial score (nSPS) is 12.4. The van der Waals surface area contributed by atoms with Crippen molar-refractivity contribution >= 4 is 64.4 Å². The second-order valence-corrected chi connectivity index (χ2v) is 13.8. The van der Waals surface area contributed by atoms with E-state index in [9.17, 15) is 25.9 Å². The van der Waals surface area contributed by atoms with Crippen LogP contribution in [-0.4, -0.2) is 65.8 Å². The predicted molar refractivity (Wildman–Crippen MR) is 176 cm³/mol. The SMILES string of the molecule is O=S(=O)(O)c1ccc2c3nc4nc(nc5[nH]c(nc6nc(nc([nH]3)c2c1S(=O)(=O)O)-c1ccccc1-6)c1ccccc51)-c1ccccc1-4.[Co+2]. The summed E-state index contributed by atoms with van der Waals surface area (Å²) in [5.74, 6) is 0.980. The minimum Gasteiger partial charge on any atom is -0.324 e. The Morgan fingerprint density at radius 3 is 1.27 bits per heavy atom. The van der Waals surface area contributed by atoms with Gasteiger partial charge in [-0.2, -0.15) is 16.8 Å². The molecule has 3 aromatic heterocycles. The first-order chi connectivity index (χ1) is 23.0. The molecule has 4 N–H and O–H groups in total. The predicted octanol–water partition coefficient (Wildman–Crippen LogP) is 5.36. The number of rotatable bonds is 2. The average Bonchev–Trinajstić information content (AvgIpc) is 3.79. The Labute approximate surface area is 286 Å². The van der Waals surface area contributed by atoms with E-state index in [2.05, 4.69) is 15.0 Å². The Hall–Kier alpha value is -5.43. The fourth-order valence-electron chi connectivity index (χ4n) is 6.14. The van der Waals surface area contributed by atoms with Crippen molar-refractivity contribution in [1.29, 1.82) is 0 Å². The van der Waals surface area contributed by atoms with Gasteiger partial charge in [0.2, 0.25) is 0 Å². The summed E-state index contributed by atoms with van der Waals surface area (Å²) < 4.78 is 70.7. The molecule has 2 aliphatic rings. The summed E-state index contributed by atoms with van der Waals surface area (Å²) in [6, 6.07) is 24.2. The van der Waals surface area contributed by atoms with Gasteiger partial charge in [0.1, 0.15) is 32.4 Å². The number of aromatic amines is 2. The van der Waals surface area contributed by atoms with Crippen molar-refractivity contribution in [3.63, 3.8) is 0 Å². The molecule has 0 saturated carbocycles. The minimum absolute atomic E-state index is 0. The van der Waals surface area contributed by atoms with Crippen molar-refractivity contribution in [2.45, 2.75) is 9.79 Å². The molecule has 1 radical (unpaired) electrons. The van der Waals surface area contributed by atoms with Crippen LogP contribution in [0.1, 0.15) is 0 Å². The van der Waals surface area contributed by atoms with E-state index < -0.39 is 30.0 Å². The first-order valence-corrected chi connectivity index (χ1v) is 17.1. The summed E-state index contributed by atoms with van der Waals surface area (Å²) in [5.41, 5.74) is 3.32. The van der Waals surface area contributed by atoms with E-state index in [-0.39, 0.29) is 50.5 Å². The number of hydrogen-bond donors (Lipinski definition) is 4. The average molecular weight is 734 g/mol. The number of nitrogens with one attached hydrogen (secondary N) is 2. The third-order valence-electron chi connectivity index (χ3n) is 8.17. The van der Waals surface area contributed by atoms with Crippen molar-refractivity contribution in [3.8, 4) is 45.6 Å². The first-order valence-electron chi connectivity index (χ1n) is 14.3. The van der Waals surface area contributed by atoms with Gasteiger partial charge in [-0.05, 0) is 12.1 Å². The van der Waals surface area contributed by atoms with Crippen LogP contribution in [0, 0.1) is 0 Å². The van der Waals surface area contributed by atoms with E-state index in [4.69, 9.17) is 24.9 Å². The molecule has 5 heterocycles. The largest absolute Gasteiger partial charge is 2.00 e. The van der Waals surface area contributed by atoms with E-state index in [0.29, 0.717) is 45.2 Å². The molecule has 0 unspecified atom stereocenters. The van der Waals surface area contributed by atoms with E-state index in [1.54, 1.807) is 24.3 Å². The van der Waals surface area contributed by atoms with Gasteiger partial charge in [0.25, 0.3) is 20.2 Å². The summed E-state index contributed by atoms with van der Waals surface area (Å²) in [4.78, 5) is 32.8. The molecule has 9 rings (SSSR count). The summed E-state index contributed by atoms with van der Waals surface area (Å²) in [6.45, 7) is 0. The van der Waals surface area contributed by atoms with Gasteiger partial charge in [-0.3, -0.25) is 9.11 Å². The van der Waals surface area contributed by atoms with Crippen molar-refractivity contribution < 1.29 is 42.7 Å². The third-order valence-corrected chi connectivity index (χ3v) is 10.1. The first kappa shape index (κ1) is 30.9. The van der Waals surface area contributed by atoms with Crippen LogP contribution in [0.5, 0.6) is 0 Å². The maximum atomic E-state index is 12.8. The molecule has 0 amide bonds. The Kier molecular flexibility index (Phi) is 6.80. The molecule has 14 nitrogen and oxygen atoms in total. The van der Waals surface area contributed by atoms with Crippen LogP contribution in [-0.2, 0) is 37.0 Å². The molecule has 17 heteroatoms. The Morgan fingerprint density at radius 2 is 0.837 bits per heavy atom. The third kappa shape index (κ3) is 4.82. The standard InChI is InChI=1S/C32H18N8O6S2.Co/c41-47(42,43)22-14-13-21-23(24(22)48(44,45)46)32-39-30-20-12-6-5-11-19(20)28(37-30)35-26-16-8-2-1-7-15(16)25(33-26)34-27-17-9-3-4-10-18(17)29(36-27)38-31(21)40-32;/h1-14H,(H,41,42,43)(H,44,45,46)(H2,33,34,35,36,37,38,39,40);/q;+2. The molecule has 0 saturated heterocycles. The molecule has 0 fully saturated rings. The van der Waals surface area contributed by atoms with Crippen LogP contribution >= 0.6 is 0 Å². The van der Waals surface area contributed by atoms with Crippen LogP contribution in [0.15, 0.2) is 94.7 Å². The number of nitrogens with zero attached hydrogens (tertiary/aromatic N) is 6. The quantitative estimate of drug-likeness (QED) is 0.165. The van der Waals surface area contributed by atoms with Crippen molar-refractivity contribution in [3.05, 3.63) is 84.9 Å². The minimum atomic E-state index is -5.27. The van der Waals surface area contributed by atoms with Gasteiger partial charge in [-0.15, -0.1) is 0 Å². The molecule has 4 aromatic carbocycles. The molecule has 49 heavy (non-hydrogen) atoms. The van der Waals surface area contributed by atoms with Gasteiger partial charge in [0.05, 0.1) is 5.39 Å². The Balaban J connectivity index is 0.00000348. The fraction of sp³-hybridized carbons (Fsp3) is 0. The van der Waals surface area contributed by atoms with Crippen molar-refractivity contribution in [1.82, 2.24) is 39.9 Å². The van der Waals surface area contributed by atoms with Crippen LogP contribution in [0.2, 0.25) is 0 Å². The monoisotopic (exact) mass is 733 g/mol. The fourth-order valence-corrected chi connectivity index (χ4v) is 8.14. The van der Waals surface area contributed by atoms with Crippen LogP contribution in [0.25, 0.3) is 89.7 Å². The molecule has 241 valence electrons. The molecule has 8 bridgehead atoms. The summed E-state index contributed by atoms with van der Waals surface area (Å²) in [5, 5.41) is 1.33. The molecule has 2 aliphatic heterocycles. The summed E-state index contributed by atoms with van der Waals surface area (Å²) in [6.07, 6.45) is 0. The Morgan fingerprint density at radius 1 is 0.449 bits per heavy atom. The maximum absolute atomic E-state index is 12.8. The molecular formula is C32H18CoN8O6S2+2. The molecule has 0 spiro atoms. The maximum Gasteiger partial charge on any atom is 2.00 e. The van der Waals surface area contributed by atoms with Gasteiger partial charge in [0.15, 0.2) is 23.3 Å². The molecular weight excluding hydrogens is 715 g/mol. The zero-order valence-corrected chi connectivity index (χ0v) is 27.1. The van der Waals surface area contributed by atoms with Gasteiger partial charge in [0, 0.05) is 38.4 Å².